The number of anilines is 1. The van der Waals surface area contributed by atoms with Crippen molar-refractivity contribution in [3.05, 3.63) is 89.3 Å². The van der Waals surface area contributed by atoms with Crippen LogP contribution in [-0.2, 0) is 16.6 Å². The molecule has 1 aromatic carbocycles. The van der Waals surface area contributed by atoms with Crippen LogP contribution in [0.4, 0.5) is 32.0 Å². The molecule has 1 aliphatic carbocycles. The average Bonchev–Trinajstić information content (AvgIpc) is 3.16. The van der Waals surface area contributed by atoms with E-state index in [2.05, 4.69) is 15.3 Å². The van der Waals surface area contributed by atoms with E-state index >= 15 is 0 Å². The number of nitrogens with one attached hydrogen (secondary N) is 1. The van der Waals surface area contributed by atoms with E-state index in [4.69, 9.17) is 11.6 Å². The van der Waals surface area contributed by atoms with Gasteiger partial charge < -0.3 is 15.3 Å². The molecule has 0 unspecified atom stereocenters. The largest absolute Gasteiger partial charge is 0.416 e. The molecule has 0 radical (unpaired) electrons. The molecule has 1 fully saturated rings. The van der Waals surface area contributed by atoms with Gasteiger partial charge in [0.1, 0.15) is 5.82 Å². The molecule has 2 aliphatic rings. The van der Waals surface area contributed by atoms with Gasteiger partial charge >= 0.3 is 6.18 Å². The van der Waals surface area contributed by atoms with Crippen molar-refractivity contribution in [1.82, 2.24) is 15.3 Å². The minimum Gasteiger partial charge on any atom is -0.370 e. The van der Waals surface area contributed by atoms with Crippen molar-refractivity contribution < 1.29 is 41.0 Å². The normalized spacial score (nSPS) is 25.9. The zero-order valence-electron chi connectivity index (χ0n) is 21.5. The lowest BCUT2D eigenvalue weighted by Gasteiger charge is -2.40. The Bertz CT molecular complexity index is 1480. The van der Waals surface area contributed by atoms with Crippen LogP contribution in [0.3, 0.4) is 0 Å². The number of carbonyl (C=O) groups is 2. The van der Waals surface area contributed by atoms with Crippen LogP contribution in [0.1, 0.15) is 40.0 Å². The fraction of sp³-hybridized carbons (Fsp3) is 0.357. The first kappa shape index (κ1) is 29.8. The Morgan fingerprint density at radius 2 is 1.93 bits per heavy atom. The van der Waals surface area contributed by atoms with Gasteiger partial charge in [0.25, 0.3) is 11.8 Å². The number of aliphatic hydroxyl groups is 1. The molecule has 0 bridgehead atoms. The number of halogens is 7. The summed E-state index contributed by atoms with van der Waals surface area (Å²) in [5.41, 5.74) is -4.36. The van der Waals surface area contributed by atoms with Crippen molar-refractivity contribution >= 4 is 29.1 Å². The standard InChI is InChI=1S/C28H23ClF6N4O3/c29-20-10-21(38-25(40)14-2-1-7-36-11-14)18(24(31)32)8-15(20)13-39-22-9-16(28(33,34)35)3-5-19(22)27(42,26(39)41)23-6-4-17(30)12-37-23/h1-7,9,11-12,15,18,20-21,24,42H,8,10,13H2,(H,38,40)/t15-,18-,20-,21-,27-/m1/s1. The van der Waals surface area contributed by atoms with Crippen molar-refractivity contribution in [3.63, 3.8) is 0 Å². The Morgan fingerprint density at radius 3 is 2.55 bits per heavy atom. The first-order valence-corrected chi connectivity index (χ1v) is 13.3. The fourth-order valence-electron chi connectivity index (χ4n) is 5.56. The molecule has 2 amide bonds. The summed E-state index contributed by atoms with van der Waals surface area (Å²) in [6.07, 6.45) is -4.62. The average molecular weight is 613 g/mol. The minimum atomic E-state index is -4.79. The van der Waals surface area contributed by atoms with Gasteiger partial charge in [-0.2, -0.15) is 13.2 Å². The van der Waals surface area contributed by atoms with Crippen molar-refractivity contribution in [2.75, 3.05) is 11.4 Å². The number of pyridine rings is 2. The Labute approximate surface area is 240 Å². The Hall–Kier alpha value is -3.71. The number of hydrogen-bond acceptors (Lipinski definition) is 5. The summed E-state index contributed by atoms with van der Waals surface area (Å²) in [6.45, 7) is -0.405. The van der Waals surface area contributed by atoms with Crippen LogP contribution in [0, 0.1) is 17.7 Å². The fourth-order valence-corrected chi connectivity index (χ4v) is 5.94. The maximum absolute atomic E-state index is 14.2. The van der Waals surface area contributed by atoms with Crippen LogP contribution in [0.5, 0.6) is 0 Å². The first-order valence-electron chi connectivity index (χ1n) is 12.8. The topological polar surface area (TPSA) is 95.4 Å². The number of fused-ring (bicyclic) bond motifs is 1. The van der Waals surface area contributed by atoms with Crippen LogP contribution in [0.25, 0.3) is 0 Å². The van der Waals surface area contributed by atoms with E-state index in [1.165, 1.54) is 24.5 Å². The van der Waals surface area contributed by atoms with Crippen LogP contribution >= 0.6 is 11.6 Å². The highest BCUT2D eigenvalue weighted by Crippen LogP contribution is 2.47. The molecule has 5 atom stereocenters. The van der Waals surface area contributed by atoms with Crippen LogP contribution in [0.15, 0.2) is 61.1 Å². The highest BCUT2D eigenvalue weighted by Gasteiger charge is 2.54. The van der Waals surface area contributed by atoms with Crippen molar-refractivity contribution in [2.45, 2.75) is 42.5 Å². The van der Waals surface area contributed by atoms with Crippen LogP contribution in [0.2, 0.25) is 0 Å². The molecular formula is C28H23ClF6N4O3. The third-order valence-corrected chi connectivity index (χ3v) is 8.26. The maximum atomic E-state index is 14.2. The molecule has 1 aliphatic heterocycles. The predicted octanol–water partition coefficient (Wildman–Crippen LogP) is 4.91. The number of alkyl halides is 6. The van der Waals surface area contributed by atoms with E-state index in [1.54, 1.807) is 0 Å². The number of hydrogen-bond donors (Lipinski definition) is 2. The van der Waals surface area contributed by atoms with Gasteiger partial charge in [0.2, 0.25) is 12.0 Å². The SMILES string of the molecule is O=C(N[C@@H]1C[C@@H](Cl)[C@@H](CN2C(=O)[C@](O)(c3ccc(F)cn3)c3ccc(C(F)(F)F)cc32)C[C@H]1C(F)F)c1cccnc1. The van der Waals surface area contributed by atoms with E-state index in [9.17, 15) is 41.0 Å². The van der Waals surface area contributed by atoms with Gasteiger partial charge in [-0.1, -0.05) is 6.07 Å². The Kier molecular flexibility index (Phi) is 7.92. The van der Waals surface area contributed by atoms with Gasteiger partial charge in [-0.25, -0.2) is 13.2 Å². The monoisotopic (exact) mass is 612 g/mol. The molecule has 0 spiro atoms. The second kappa shape index (κ2) is 11.2. The predicted molar refractivity (Wildman–Crippen MR) is 138 cm³/mol. The number of carbonyl (C=O) groups excluding carboxylic acids is 2. The number of rotatable bonds is 6. The molecule has 222 valence electrons. The molecule has 14 heteroatoms. The zero-order chi connectivity index (χ0) is 30.4. The minimum absolute atomic E-state index is 0.117. The third kappa shape index (κ3) is 5.42. The second-order valence-corrected chi connectivity index (χ2v) is 10.8. The maximum Gasteiger partial charge on any atom is 0.416 e. The molecule has 42 heavy (non-hydrogen) atoms. The van der Waals surface area contributed by atoms with Crippen LogP contribution < -0.4 is 10.2 Å². The van der Waals surface area contributed by atoms with Gasteiger partial charge in [0.15, 0.2) is 0 Å². The van der Waals surface area contributed by atoms with Gasteiger partial charge in [-0.3, -0.25) is 19.6 Å². The quantitative estimate of drug-likeness (QED) is 0.305. The number of nitrogens with zero attached hydrogens (tertiary/aromatic N) is 3. The summed E-state index contributed by atoms with van der Waals surface area (Å²) in [4.78, 5) is 34.8. The molecule has 2 aromatic heterocycles. The zero-order valence-corrected chi connectivity index (χ0v) is 22.3. The van der Waals surface area contributed by atoms with E-state index < -0.39 is 71.2 Å². The smallest absolute Gasteiger partial charge is 0.370 e. The van der Waals surface area contributed by atoms with E-state index in [0.717, 1.165) is 29.3 Å². The number of amides is 2. The van der Waals surface area contributed by atoms with Gasteiger partial charge in [-0.05, 0) is 55.2 Å². The van der Waals surface area contributed by atoms with Crippen LogP contribution in [-0.4, -0.2) is 51.3 Å². The van der Waals surface area contributed by atoms with Crippen molar-refractivity contribution in [2.24, 2.45) is 11.8 Å². The molecule has 2 N–H and O–H groups in total. The Morgan fingerprint density at radius 1 is 1.17 bits per heavy atom. The molecule has 0 saturated heterocycles. The van der Waals surface area contributed by atoms with Gasteiger partial charge in [0.05, 0.1) is 28.7 Å². The highest BCUT2D eigenvalue weighted by molar-refractivity contribution is 6.21. The Balaban J connectivity index is 1.45. The number of benzene rings is 1. The molecular weight excluding hydrogens is 590 g/mol. The number of aromatic nitrogens is 2. The summed E-state index contributed by atoms with van der Waals surface area (Å²) in [7, 11) is 0. The summed E-state index contributed by atoms with van der Waals surface area (Å²) in [5.74, 6) is -4.72. The van der Waals surface area contributed by atoms with E-state index in [0.29, 0.717) is 12.1 Å². The lowest BCUT2D eigenvalue weighted by atomic mass is 9.77. The molecule has 5 rings (SSSR count). The molecule has 3 aromatic rings. The van der Waals surface area contributed by atoms with Crippen molar-refractivity contribution in [1.29, 1.82) is 0 Å². The van der Waals surface area contributed by atoms with Gasteiger partial charge in [0, 0.05) is 41.8 Å². The third-order valence-electron chi connectivity index (χ3n) is 7.72. The summed E-state index contributed by atoms with van der Waals surface area (Å²) < 4.78 is 82.8. The first-order chi connectivity index (χ1) is 19.8. The highest BCUT2D eigenvalue weighted by atomic mass is 35.5. The molecule has 1 saturated carbocycles. The molecule has 3 heterocycles. The van der Waals surface area contributed by atoms with E-state index in [-0.39, 0.29) is 35.3 Å². The summed E-state index contributed by atoms with van der Waals surface area (Å²) in [5, 5.41) is 13.3. The lowest BCUT2D eigenvalue weighted by molar-refractivity contribution is -0.137. The summed E-state index contributed by atoms with van der Waals surface area (Å²) in [6, 6.07) is 6.22. The summed E-state index contributed by atoms with van der Waals surface area (Å²) >= 11 is 6.60. The van der Waals surface area contributed by atoms with E-state index in [1.807, 2.05) is 0 Å². The lowest BCUT2D eigenvalue weighted by Crippen LogP contribution is -2.52. The second-order valence-electron chi connectivity index (χ2n) is 10.3. The molecule has 7 nitrogen and oxygen atoms in total. The van der Waals surface area contributed by atoms with Crippen molar-refractivity contribution in [3.8, 4) is 0 Å². The van der Waals surface area contributed by atoms with Gasteiger partial charge in [-0.15, -0.1) is 11.6 Å².